The minimum atomic E-state index is -2.51. The lowest BCUT2D eigenvalue weighted by molar-refractivity contribution is -0.168. The zero-order valence-electron chi connectivity index (χ0n) is 36.2. The second kappa shape index (κ2) is 25.3. The zero-order chi connectivity index (χ0) is 42.4. The maximum atomic E-state index is 14.1. The van der Waals surface area contributed by atoms with Crippen molar-refractivity contribution in [1.29, 1.82) is 0 Å². The summed E-state index contributed by atoms with van der Waals surface area (Å²) >= 11 is 0. The minimum Gasteiger partial charge on any atom is -0.481 e. The number of ether oxygens (including phenoxy) is 4. The Bertz CT molecular complexity index is 1440. The second-order valence-corrected chi connectivity index (χ2v) is 21.4. The summed E-state index contributed by atoms with van der Waals surface area (Å²) in [5.41, 5.74) is -1.79. The van der Waals surface area contributed by atoms with Gasteiger partial charge in [-0.15, -0.1) is 5.92 Å². The summed E-state index contributed by atoms with van der Waals surface area (Å²) in [6, 6.07) is 5.91. The lowest BCUT2D eigenvalue weighted by atomic mass is 9.83. The average molecular weight is 816 g/mol. The molecule has 0 bridgehead atoms. The van der Waals surface area contributed by atoms with Crippen molar-refractivity contribution in [3.63, 3.8) is 0 Å². The summed E-state index contributed by atoms with van der Waals surface area (Å²) in [7, 11) is -2.30. The normalized spacial score (nSPS) is 16.3. The molecule has 1 saturated heterocycles. The van der Waals surface area contributed by atoms with Gasteiger partial charge in [-0.2, -0.15) is 0 Å². The molecule has 0 unspecified atom stereocenters. The molecule has 0 spiro atoms. The molecule has 0 aliphatic carbocycles. The fourth-order valence-electron chi connectivity index (χ4n) is 6.53. The van der Waals surface area contributed by atoms with Gasteiger partial charge in [0, 0.05) is 32.3 Å². The monoisotopic (exact) mass is 816 g/mol. The molecule has 57 heavy (non-hydrogen) atoms. The van der Waals surface area contributed by atoms with Gasteiger partial charge in [-0.1, -0.05) is 96.4 Å². The molecule has 2 rings (SSSR count). The number of carboxylic acids is 1. The van der Waals surface area contributed by atoms with Gasteiger partial charge in [-0.3, -0.25) is 4.79 Å². The highest BCUT2D eigenvalue weighted by molar-refractivity contribution is 6.74. The van der Waals surface area contributed by atoms with Crippen molar-refractivity contribution in [2.75, 3.05) is 33.0 Å². The van der Waals surface area contributed by atoms with Crippen LogP contribution in [0.25, 0.3) is 0 Å². The van der Waals surface area contributed by atoms with E-state index in [2.05, 4.69) is 44.9 Å². The van der Waals surface area contributed by atoms with Crippen LogP contribution in [-0.2, 0) is 39.4 Å². The van der Waals surface area contributed by atoms with E-state index in [0.29, 0.717) is 25.4 Å². The first-order chi connectivity index (χ1) is 27.0. The molecule has 1 aromatic carbocycles. The van der Waals surface area contributed by atoms with Gasteiger partial charge in [0.2, 0.25) is 5.91 Å². The van der Waals surface area contributed by atoms with Gasteiger partial charge >= 0.3 is 11.9 Å². The van der Waals surface area contributed by atoms with Crippen molar-refractivity contribution >= 4 is 26.2 Å². The molecule has 0 aromatic heterocycles. The number of carbonyl (C=O) groups is 3. The standard InChI is InChI=1S/C45H73NO10Si/c1-9-12-14-18-21-28-44(54-33-34-55-44)29-22-19-16-15-17-20-23-38(45(51,42(49)50)30-32-56-57(7,8)43(4,5)6)40(47)46-39(41(48)52-11-3)35-36-24-26-37(27-25-36)53-31-13-10-2/h20,23-27,38-39,51H,9,11-12,14-19,21-22,28-35H2,1-8H3,(H,46,47)(H,49,50)/t38-,39+,45+/m1/s1. The number of carbonyl (C=O) groups excluding carboxylic acids is 2. The van der Waals surface area contributed by atoms with Gasteiger partial charge in [0.25, 0.3) is 0 Å². The van der Waals surface area contributed by atoms with Crippen molar-refractivity contribution in [3.8, 4) is 17.6 Å². The van der Waals surface area contributed by atoms with Crippen molar-refractivity contribution in [2.45, 2.75) is 167 Å². The summed E-state index contributed by atoms with van der Waals surface area (Å²) in [4.78, 5) is 40.2. The third-order valence-corrected chi connectivity index (χ3v) is 15.7. The fourth-order valence-corrected chi connectivity index (χ4v) is 7.58. The van der Waals surface area contributed by atoms with Crippen LogP contribution in [0, 0.1) is 17.8 Å². The van der Waals surface area contributed by atoms with E-state index in [4.69, 9.17) is 23.4 Å². The van der Waals surface area contributed by atoms with Gasteiger partial charge in [0.05, 0.1) is 25.7 Å². The van der Waals surface area contributed by atoms with E-state index in [1.807, 2.05) is 13.1 Å². The van der Waals surface area contributed by atoms with E-state index >= 15 is 0 Å². The van der Waals surface area contributed by atoms with E-state index in [1.54, 1.807) is 44.2 Å². The molecular weight excluding hydrogens is 743 g/mol. The Balaban J connectivity index is 2.19. The van der Waals surface area contributed by atoms with Crippen LogP contribution in [0.5, 0.6) is 5.75 Å². The minimum absolute atomic E-state index is 0.0515. The van der Waals surface area contributed by atoms with Crippen LogP contribution in [0.4, 0.5) is 0 Å². The molecule has 11 nitrogen and oxygen atoms in total. The predicted octanol–water partition coefficient (Wildman–Crippen LogP) is 8.52. The lowest BCUT2D eigenvalue weighted by Gasteiger charge is -2.37. The molecule has 0 saturated carbocycles. The second-order valence-electron chi connectivity index (χ2n) is 16.6. The third kappa shape index (κ3) is 17.3. The number of unbranched alkanes of at least 4 members (excludes halogenated alkanes) is 8. The molecule has 12 heteroatoms. The number of aliphatic carboxylic acids is 1. The lowest BCUT2D eigenvalue weighted by Crippen LogP contribution is -2.55. The number of benzene rings is 1. The van der Waals surface area contributed by atoms with Gasteiger partial charge < -0.3 is 38.9 Å². The number of hydrogen-bond donors (Lipinski definition) is 3. The highest BCUT2D eigenvalue weighted by Gasteiger charge is 2.48. The molecule has 1 heterocycles. The maximum Gasteiger partial charge on any atom is 0.336 e. The van der Waals surface area contributed by atoms with E-state index < -0.39 is 49.5 Å². The Hall–Kier alpha value is -3.21. The van der Waals surface area contributed by atoms with Crippen LogP contribution < -0.4 is 10.1 Å². The Kier molecular flexibility index (Phi) is 22.2. The van der Waals surface area contributed by atoms with Crippen LogP contribution in [0.2, 0.25) is 18.1 Å². The van der Waals surface area contributed by atoms with Crippen molar-refractivity contribution in [1.82, 2.24) is 5.32 Å². The Morgan fingerprint density at radius 2 is 1.58 bits per heavy atom. The van der Waals surface area contributed by atoms with Crippen molar-refractivity contribution in [3.05, 3.63) is 42.0 Å². The van der Waals surface area contributed by atoms with E-state index in [9.17, 15) is 24.6 Å². The summed E-state index contributed by atoms with van der Waals surface area (Å²) < 4.78 is 29.3. The SMILES string of the molecule is CC#CCOc1ccc(C[C@H](NC(=O)[C@@H](C=CCCCCCCC2(CCCCCCC)OCCO2)[C@@](O)(CCO[Si](C)(C)C(C)(C)C)C(=O)O)C(=O)OCC)cc1. The van der Waals surface area contributed by atoms with E-state index in [0.717, 1.165) is 50.5 Å². The first-order valence-corrected chi connectivity index (χ1v) is 24.1. The van der Waals surface area contributed by atoms with Crippen molar-refractivity contribution in [2.24, 2.45) is 5.92 Å². The molecule has 1 aromatic rings. The molecule has 1 aliphatic heterocycles. The number of rotatable bonds is 28. The van der Waals surface area contributed by atoms with Crippen LogP contribution >= 0.6 is 0 Å². The summed E-state index contributed by atoms with van der Waals surface area (Å²) in [5, 5.41) is 24.9. The first kappa shape index (κ1) is 49.9. The van der Waals surface area contributed by atoms with Crippen molar-refractivity contribution < 1.29 is 48.0 Å². The number of carboxylic acid groups (broad SMARTS) is 1. The highest BCUT2D eigenvalue weighted by atomic mass is 28.4. The molecule has 1 fully saturated rings. The van der Waals surface area contributed by atoms with Gasteiger partial charge in [-0.05, 0) is 75.4 Å². The largest absolute Gasteiger partial charge is 0.481 e. The maximum absolute atomic E-state index is 14.1. The Morgan fingerprint density at radius 3 is 2.14 bits per heavy atom. The van der Waals surface area contributed by atoms with E-state index in [-0.39, 0.29) is 37.7 Å². The predicted molar refractivity (Wildman–Crippen MR) is 226 cm³/mol. The molecule has 1 aliphatic rings. The first-order valence-electron chi connectivity index (χ1n) is 21.2. The number of nitrogens with one attached hydrogen (secondary N) is 1. The van der Waals surface area contributed by atoms with Gasteiger partial charge in [0.15, 0.2) is 19.7 Å². The van der Waals surface area contributed by atoms with E-state index in [1.165, 1.54) is 31.8 Å². The number of hydrogen-bond acceptors (Lipinski definition) is 9. The Morgan fingerprint density at radius 1 is 0.965 bits per heavy atom. The van der Waals surface area contributed by atoms with Crippen LogP contribution in [0.15, 0.2) is 36.4 Å². The smallest absolute Gasteiger partial charge is 0.336 e. The van der Waals surface area contributed by atoms with Gasteiger partial charge in [0.1, 0.15) is 18.4 Å². The summed E-state index contributed by atoms with van der Waals surface area (Å²) in [6.07, 6.45) is 15.0. The topological polar surface area (TPSA) is 150 Å². The number of aliphatic hydroxyl groups is 1. The summed E-state index contributed by atoms with van der Waals surface area (Å²) in [6.45, 7) is 17.5. The zero-order valence-corrected chi connectivity index (χ0v) is 37.2. The quantitative estimate of drug-likeness (QED) is 0.0247. The molecule has 0 radical (unpaired) electrons. The number of allylic oxidation sites excluding steroid dienone is 1. The van der Waals surface area contributed by atoms with Crippen LogP contribution in [0.3, 0.4) is 0 Å². The number of esters is 1. The van der Waals surface area contributed by atoms with Gasteiger partial charge in [-0.25, -0.2) is 9.59 Å². The highest BCUT2D eigenvalue weighted by Crippen LogP contribution is 2.37. The molecular formula is C45H73NO10Si. The molecule has 322 valence electrons. The summed E-state index contributed by atoms with van der Waals surface area (Å²) in [5.74, 6) is 1.22. The average Bonchev–Trinajstić information content (AvgIpc) is 3.62. The van der Waals surface area contributed by atoms with Crippen LogP contribution in [-0.4, -0.2) is 86.8 Å². The molecule has 3 atom stereocenters. The number of amides is 1. The third-order valence-electron chi connectivity index (χ3n) is 11.1. The van der Waals surface area contributed by atoms with Crippen LogP contribution in [0.1, 0.15) is 131 Å². The fraction of sp³-hybridized carbons (Fsp3) is 0.711. The molecule has 1 amide bonds. The Labute approximate surface area is 344 Å². The molecule has 3 N–H and O–H groups in total.